The summed E-state index contributed by atoms with van der Waals surface area (Å²) in [5, 5.41) is 4.16. The molecule has 2 nitrogen and oxygen atoms in total. The van der Waals surface area contributed by atoms with Crippen LogP contribution in [0.2, 0.25) is 0 Å². The van der Waals surface area contributed by atoms with Crippen molar-refractivity contribution in [3.8, 4) is 0 Å². The van der Waals surface area contributed by atoms with Crippen molar-refractivity contribution < 1.29 is 4.39 Å². The van der Waals surface area contributed by atoms with Gasteiger partial charge in [-0.1, -0.05) is 12.1 Å². The van der Waals surface area contributed by atoms with Crippen LogP contribution >= 0.6 is 11.6 Å². The fraction of sp³-hybridized carbons (Fsp3) is 0.400. The average Bonchev–Trinajstić information content (AvgIpc) is 2.82. The van der Waals surface area contributed by atoms with E-state index in [-0.39, 0.29) is 5.82 Å². The predicted molar refractivity (Wildman–Crippen MR) is 75.8 cm³/mol. The van der Waals surface area contributed by atoms with Crippen molar-refractivity contribution in [1.29, 1.82) is 0 Å². The molecular weight excluding hydrogens is 263 g/mol. The molecule has 1 heterocycles. The Labute approximate surface area is 118 Å². The number of nitrogens with zero attached hydrogens (tertiary/aromatic N) is 2. The first-order valence-corrected chi connectivity index (χ1v) is 6.98. The van der Waals surface area contributed by atoms with Crippen LogP contribution in [0, 0.1) is 11.7 Å². The first-order valence-electron chi connectivity index (χ1n) is 6.45. The molecule has 0 N–H and O–H groups in total. The lowest BCUT2D eigenvalue weighted by Crippen LogP contribution is -2.08. The maximum atomic E-state index is 12.8. The summed E-state index contributed by atoms with van der Waals surface area (Å²) in [5.41, 5.74) is 2.37. The largest absolute Gasteiger partial charge is 0.276 e. The number of halogens is 2. The minimum Gasteiger partial charge on any atom is -0.276 e. The molecule has 1 aromatic carbocycles. The van der Waals surface area contributed by atoms with Gasteiger partial charge in [0.25, 0.3) is 0 Å². The van der Waals surface area contributed by atoms with Crippen molar-refractivity contribution in [3.63, 3.8) is 0 Å². The molecule has 0 fully saturated rings. The molecule has 0 radical (unpaired) electrons. The molecule has 1 unspecified atom stereocenters. The van der Waals surface area contributed by atoms with Crippen LogP contribution in [-0.2, 0) is 19.9 Å². The van der Waals surface area contributed by atoms with Crippen molar-refractivity contribution in [2.75, 3.05) is 5.88 Å². The molecule has 0 aliphatic heterocycles. The summed E-state index contributed by atoms with van der Waals surface area (Å²) >= 11 is 6.03. The van der Waals surface area contributed by atoms with Gasteiger partial charge >= 0.3 is 0 Å². The Kier molecular flexibility index (Phi) is 4.97. The first kappa shape index (κ1) is 14.1. The van der Waals surface area contributed by atoms with Crippen LogP contribution in [0.15, 0.2) is 36.7 Å². The van der Waals surface area contributed by atoms with Crippen LogP contribution in [0.4, 0.5) is 4.39 Å². The van der Waals surface area contributed by atoms with Gasteiger partial charge in [0, 0.05) is 19.1 Å². The second-order valence-corrected chi connectivity index (χ2v) is 5.22. The number of alkyl halides is 1. The summed E-state index contributed by atoms with van der Waals surface area (Å²) in [6.07, 6.45) is 6.81. The number of hydrogen-bond acceptors (Lipinski definition) is 1. The first-order chi connectivity index (χ1) is 9.17. The highest BCUT2D eigenvalue weighted by molar-refractivity contribution is 6.18. The zero-order valence-electron chi connectivity index (χ0n) is 11.0. The van der Waals surface area contributed by atoms with Crippen molar-refractivity contribution >= 4 is 11.6 Å². The number of aromatic nitrogens is 2. The minimum atomic E-state index is -0.193. The zero-order valence-corrected chi connectivity index (χ0v) is 11.8. The van der Waals surface area contributed by atoms with Gasteiger partial charge in [0.1, 0.15) is 5.82 Å². The van der Waals surface area contributed by atoms with Gasteiger partial charge in [-0.2, -0.15) is 5.10 Å². The minimum absolute atomic E-state index is 0.193. The maximum Gasteiger partial charge on any atom is 0.123 e. The molecular formula is C15H18ClFN2. The number of benzene rings is 1. The topological polar surface area (TPSA) is 17.8 Å². The fourth-order valence-corrected chi connectivity index (χ4v) is 2.42. The highest BCUT2D eigenvalue weighted by Gasteiger charge is 2.10. The lowest BCUT2D eigenvalue weighted by Gasteiger charge is -2.13. The average molecular weight is 281 g/mol. The van der Waals surface area contributed by atoms with Crippen LogP contribution in [0.25, 0.3) is 0 Å². The number of rotatable bonds is 6. The van der Waals surface area contributed by atoms with Gasteiger partial charge in [0.15, 0.2) is 0 Å². The highest BCUT2D eigenvalue weighted by atomic mass is 35.5. The molecule has 4 heteroatoms. The van der Waals surface area contributed by atoms with Gasteiger partial charge in [0.05, 0.1) is 6.20 Å². The van der Waals surface area contributed by atoms with E-state index in [1.54, 1.807) is 0 Å². The second-order valence-electron chi connectivity index (χ2n) is 4.91. The van der Waals surface area contributed by atoms with E-state index >= 15 is 0 Å². The molecule has 0 saturated heterocycles. The summed E-state index contributed by atoms with van der Waals surface area (Å²) < 4.78 is 14.7. The van der Waals surface area contributed by atoms with Crippen molar-refractivity contribution in [3.05, 3.63) is 53.6 Å². The molecule has 0 aliphatic rings. The Morgan fingerprint density at radius 2 is 2.00 bits per heavy atom. The smallest absolute Gasteiger partial charge is 0.123 e. The van der Waals surface area contributed by atoms with E-state index in [1.165, 1.54) is 17.7 Å². The SMILES string of the molecule is Cn1cc(CCC(CCl)Cc2ccc(F)cc2)cn1. The van der Waals surface area contributed by atoms with Crippen LogP contribution in [0.5, 0.6) is 0 Å². The molecule has 0 spiro atoms. The quantitative estimate of drug-likeness (QED) is 0.740. The highest BCUT2D eigenvalue weighted by Crippen LogP contribution is 2.17. The van der Waals surface area contributed by atoms with E-state index in [2.05, 4.69) is 5.10 Å². The Morgan fingerprint density at radius 1 is 1.26 bits per heavy atom. The van der Waals surface area contributed by atoms with E-state index in [0.29, 0.717) is 11.8 Å². The van der Waals surface area contributed by atoms with E-state index < -0.39 is 0 Å². The zero-order chi connectivity index (χ0) is 13.7. The van der Waals surface area contributed by atoms with E-state index in [9.17, 15) is 4.39 Å². The molecule has 2 rings (SSSR count). The predicted octanol–water partition coefficient (Wildman–Crippen LogP) is 3.59. The van der Waals surface area contributed by atoms with Crippen molar-refractivity contribution in [2.45, 2.75) is 19.3 Å². The molecule has 0 saturated carbocycles. The van der Waals surface area contributed by atoms with Gasteiger partial charge in [-0.25, -0.2) is 4.39 Å². The Balaban J connectivity index is 1.87. The monoisotopic (exact) mass is 280 g/mol. The van der Waals surface area contributed by atoms with E-state index in [1.807, 2.05) is 36.3 Å². The molecule has 0 aliphatic carbocycles. The van der Waals surface area contributed by atoms with Gasteiger partial charge in [-0.05, 0) is 48.4 Å². The molecule has 102 valence electrons. The lowest BCUT2D eigenvalue weighted by molar-refractivity contribution is 0.535. The summed E-state index contributed by atoms with van der Waals surface area (Å²) in [6.45, 7) is 0. The third kappa shape index (κ3) is 4.35. The third-order valence-electron chi connectivity index (χ3n) is 3.26. The molecule has 0 amide bonds. The van der Waals surface area contributed by atoms with Crippen LogP contribution in [0.3, 0.4) is 0 Å². The summed E-state index contributed by atoms with van der Waals surface area (Å²) in [6, 6.07) is 6.67. The van der Waals surface area contributed by atoms with Crippen LogP contribution in [0.1, 0.15) is 17.5 Å². The van der Waals surface area contributed by atoms with Gasteiger partial charge in [-0.3, -0.25) is 4.68 Å². The number of aryl methyl sites for hydroxylation is 2. The maximum absolute atomic E-state index is 12.8. The van der Waals surface area contributed by atoms with Gasteiger partial charge in [0.2, 0.25) is 0 Å². The molecule has 19 heavy (non-hydrogen) atoms. The van der Waals surface area contributed by atoms with Crippen molar-refractivity contribution in [1.82, 2.24) is 9.78 Å². The Bertz CT molecular complexity index is 507. The van der Waals surface area contributed by atoms with Gasteiger partial charge in [-0.15, -0.1) is 11.6 Å². The van der Waals surface area contributed by atoms with Crippen LogP contribution in [-0.4, -0.2) is 15.7 Å². The van der Waals surface area contributed by atoms with E-state index in [4.69, 9.17) is 11.6 Å². The third-order valence-corrected chi connectivity index (χ3v) is 3.69. The van der Waals surface area contributed by atoms with Crippen LogP contribution < -0.4 is 0 Å². The normalized spacial score (nSPS) is 12.6. The second kappa shape index (κ2) is 6.71. The molecule has 2 aromatic rings. The summed E-state index contributed by atoms with van der Waals surface area (Å²) in [5.74, 6) is 0.839. The Hall–Kier alpha value is -1.35. The lowest BCUT2D eigenvalue weighted by atomic mass is 9.95. The number of hydrogen-bond donors (Lipinski definition) is 0. The fourth-order valence-electron chi connectivity index (χ4n) is 2.16. The molecule has 1 atom stereocenters. The standard InChI is InChI=1S/C15H18ClFN2/c1-19-11-14(10-18-19)3-2-13(9-16)8-12-4-6-15(17)7-5-12/h4-7,10-11,13H,2-3,8-9H2,1H3. The Morgan fingerprint density at radius 3 is 2.58 bits per heavy atom. The van der Waals surface area contributed by atoms with Gasteiger partial charge < -0.3 is 0 Å². The van der Waals surface area contributed by atoms with E-state index in [0.717, 1.165) is 24.8 Å². The molecule has 0 bridgehead atoms. The molecule has 1 aromatic heterocycles. The summed E-state index contributed by atoms with van der Waals surface area (Å²) in [4.78, 5) is 0. The van der Waals surface area contributed by atoms with Crippen molar-refractivity contribution in [2.24, 2.45) is 13.0 Å². The summed E-state index contributed by atoms with van der Waals surface area (Å²) in [7, 11) is 1.92.